The van der Waals surface area contributed by atoms with E-state index in [0.29, 0.717) is 11.7 Å². The van der Waals surface area contributed by atoms with Crippen molar-refractivity contribution in [2.45, 2.75) is 44.1 Å². The van der Waals surface area contributed by atoms with Crippen molar-refractivity contribution < 1.29 is 4.52 Å². The van der Waals surface area contributed by atoms with Gasteiger partial charge in [0, 0.05) is 18.0 Å². The second-order valence-corrected chi connectivity index (χ2v) is 5.23. The molecule has 0 saturated heterocycles. The first kappa shape index (κ1) is 12.3. The van der Waals surface area contributed by atoms with Gasteiger partial charge in [0.2, 0.25) is 11.7 Å². The van der Waals surface area contributed by atoms with Crippen molar-refractivity contribution in [1.29, 1.82) is 0 Å². The topological polar surface area (TPSA) is 77.8 Å². The lowest BCUT2D eigenvalue weighted by molar-refractivity contribution is 0.257. The number of nitrogens with two attached hydrogens (primary N) is 1. The van der Waals surface area contributed by atoms with Crippen LogP contribution in [0, 0.1) is 0 Å². The maximum atomic E-state index is 6.46. The third kappa shape index (κ3) is 2.51. The molecule has 0 amide bonds. The minimum atomic E-state index is -0.450. The molecule has 0 bridgehead atoms. The smallest absolute Gasteiger partial charge is 0.247 e. The predicted molar refractivity (Wildman–Crippen MR) is 71.1 cm³/mol. The molecule has 2 aromatic rings. The van der Waals surface area contributed by atoms with Crippen LogP contribution in [0.3, 0.4) is 0 Å². The van der Waals surface area contributed by atoms with E-state index in [1.807, 2.05) is 12.1 Å². The van der Waals surface area contributed by atoms with Gasteiger partial charge in [-0.15, -0.1) is 0 Å². The van der Waals surface area contributed by atoms with E-state index in [2.05, 4.69) is 15.1 Å². The first-order valence-corrected chi connectivity index (χ1v) is 6.81. The summed E-state index contributed by atoms with van der Waals surface area (Å²) in [5, 5.41) is 4.04. The first-order valence-electron chi connectivity index (χ1n) is 6.81. The van der Waals surface area contributed by atoms with Crippen LogP contribution in [0.4, 0.5) is 0 Å². The molecule has 0 atom stereocenters. The van der Waals surface area contributed by atoms with Gasteiger partial charge in [-0.2, -0.15) is 4.98 Å². The third-order valence-corrected chi connectivity index (χ3v) is 3.79. The Kier molecular flexibility index (Phi) is 3.29. The lowest BCUT2D eigenvalue weighted by Gasteiger charge is -2.22. The van der Waals surface area contributed by atoms with E-state index >= 15 is 0 Å². The number of aromatic nitrogens is 3. The molecule has 1 saturated carbocycles. The van der Waals surface area contributed by atoms with E-state index in [0.717, 1.165) is 31.2 Å². The highest BCUT2D eigenvalue weighted by atomic mass is 16.5. The Morgan fingerprint density at radius 3 is 2.42 bits per heavy atom. The Morgan fingerprint density at radius 2 is 1.74 bits per heavy atom. The molecule has 1 aliphatic rings. The van der Waals surface area contributed by atoms with Crippen LogP contribution in [0.1, 0.15) is 44.4 Å². The van der Waals surface area contributed by atoms with E-state index < -0.39 is 5.54 Å². The molecule has 0 spiro atoms. The van der Waals surface area contributed by atoms with Crippen molar-refractivity contribution in [2.75, 3.05) is 0 Å². The Bertz CT molecular complexity index is 529. The number of hydrogen-bond acceptors (Lipinski definition) is 5. The van der Waals surface area contributed by atoms with Crippen molar-refractivity contribution in [1.82, 2.24) is 15.1 Å². The van der Waals surface area contributed by atoms with Crippen LogP contribution >= 0.6 is 0 Å². The van der Waals surface area contributed by atoms with Crippen LogP contribution in [0.5, 0.6) is 0 Å². The van der Waals surface area contributed by atoms with Crippen LogP contribution in [0.25, 0.3) is 11.4 Å². The molecule has 0 aromatic carbocycles. The average Bonchev–Trinajstić information content (AvgIpc) is 2.85. The quantitative estimate of drug-likeness (QED) is 0.838. The molecule has 2 heterocycles. The minimum absolute atomic E-state index is 0.450. The number of pyridine rings is 1. The summed E-state index contributed by atoms with van der Waals surface area (Å²) in [6.45, 7) is 0. The van der Waals surface area contributed by atoms with Crippen LogP contribution < -0.4 is 5.73 Å². The standard InChI is InChI=1S/C14H18N4O/c15-14(7-3-1-2-4-8-14)13-17-12(18-19-13)11-5-9-16-10-6-11/h5-6,9-10H,1-4,7-8,15H2. The summed E-state index contributed by atoms with van der Waals surface area (Å²) in [6.07, 6.45) is 10.0. The number of rotatable bonds is 2. The van der Waals surface area contributed by atoms with Gasteiger partial charge in [-0.05, 0) is 25.0 Å². The average molecular weight is 258 g/mol. The Balaban J connectivity index is 1.88. The monoisotopic (exact) mass is 258 g/mol. The highest BCUT2D eigenvalue weighted by Gasteiger charge is 2.34. The second-order valence-electron chi connectivity index (χ2n) is 5.23. The predicted octanol–water partition coefficient (Wildman–Crippen LogP) is 2.64. The summed E-state index contributed by atoms with van der Waals surface area (Å²) in [5.41, 5.74) is 6.92. The summed E-state index contributed by atoms with van der Waals surface area (Å²) in [6, 6.07) is 3.73. The summed E-state index contributed by atoms with van der Waals surface area (Å²) < 4.78 is 5.41. The fourth-order valence-electron chi connectivity index (χ4n) is 2.62. The van der Waals surface area contributed by atoms with Gasteiger partial charge in [0.05, 0.1) is 5.54 Å². The molecule has 0 aliphatic heterocycles. The molecule has 0 radical (unpaired) electrons. The highest BCUT2D eigenvalue weighted by molar-refractivity contribution is 5.52. The Hall–Kier alpha value is -1.75. The van der Waals surface area contributed by atoms with Crippen molar-refractivity contribution in [3.63, 3.8) is 0 Å². The van der Waals surface area contributed by atoms with Crippen molar-refractivity contribution in [3.8, 4) is 11.4 Å². The highest BCUT2D eigenvalue weighted by Crippen LogP contribution is 2.33. The van der Waals surface area contributed by atoms with Crippen molar-refractivity contribution >= 4 is 0 Å². The van der Waals surface area contributed by atoms with Gasteiger partial charge in [0.1, 0.15) is 0 Å². The molecular weight excluding hydrogens is 240 g/mol. The number of nitrogens with zero attached hydrogens (tertiary/aromatic N) is 3. The van der Waals surface area contributed by atoms with Crippen molar-refractivity contribution in [2.24, 2.45) is 5.73 Å². The maximum absolute atomic E-state index is 6.46. The summed E-state index contributed by atoms with van der Waals surface area (Å²) in [5.74, 6) is 1.16. The molecule has 0 unspecified atom stereocenters. The molecule has 1 aliphatic carbocycles. The van der Waals surface area contributed by atoms with Crippen LogP contribution in [0.2, 0.25) is 0 Å². The molecule has 19 heavy (non-hydrogen) atoms. The van der Waals surface area contributed by atoms with Gasteiger partial charge in [0.25, 0.3) is 0 Å². The lowest BCUT2D eigenvalue weighted by atomic mass is 9.91. The molecule has 3 rings (SSSR count). The molecule has 5 heteroatoms. The van der Waals surface area contributed by atoms with Crippen LogP contribution in [-0.2, 0) is 5.54 Å². The molecule has 2 N–H and O–H groups in total. The second kappa shape index (κ2) is 5.09. The van der Waals surface area contributed by atoms with E-state index in [4.69, 9.17) is 10.3 Å². The Morgan fingerprint density at radius 1 is 1.05 bits per heavy atom. The minimum Gasteiger partial charge on any atom is -0.337 e. The summed E-state index contributed by atoms with van der Waals surface area (Å²) >= 11 is 0. The van der Waals surface area contributed by atoms with E-state index in [1.165, 1.54) is 12.8 Å². The SMILES string of the molecule is NC1(c2nc(-c3ccncc3)no2)CCCCCC1. The zero-order chi connectivity index (χ0) is 13.1. The molecule has 1 fully saturated rings. The maximum Gasteiger partial charge on any atom is 0.247 e. The van der Waals surface area contributed by atoms with E-state index in [9.17, 15) is 0 Å². The Labute approximate surface area is 112 Å². The van der Waals surface area contributed by atoms with E-state index in [1.54, 1.807) is 12.4 Å². The molecule has 5 nitrogen and oxygen atoms in total. The summed E-state index contributed by atoms with van der Waals surface area (Å²) in [4.78, 5) is 8.47. The zero-order valence-electron chi connectivity index (χ0n) is 10.9. The zero-order valence-corrected chi connectivity index (χ0v) is 10.9. The third-order valence-electron chi connectivity index (χ3n) is 3.79. The molecule has 100 valence electrons. The molecular formula is C14H18N4O. The fourth-order valence-corrected chi connectivity index (χ4v) is 2.62. The van der Waals surface area contributed by atoms with Gasteiger partial charge in [0.15, 0.2) is 0 Å². The van der Waals surface area contributed by atoms with Gasteiger partial charge in [-0.1, -0.05) is 30.8 Å². The first-order chi connectivity index (χ1) is 9.28. The van der Waals surface area contributed by atoms with Crippen molar-refractivity contribution in [3.05, 3.63) is 30.4 Å². The number of hydrogen-bond donors (Lipinski definition) is 1. The summed E-state index contributed by atoms with van der Waals surface area (Å²) in [7, 11) is 0. The van der Waals surface area contributed by atoms with Crippen LogP contribution in [0.15, 0.2) is 29.0 Å². The van der Waals surface area contributed by atoms with Gasteiger partial charge in [-0.25, -0.2) is 0 Å². The molecule has 2 aromatic heterocycles. The van der Waals surface area contributed by atoms with E-state index in [-0.39, 0.29) is 0 Å². The van der Waals surface area contributed by atoms with Gasteiger partial charge < -0.3 is 10.3 Å². The fraction of sp³-hybridized carbons (Fsp3) is 0.500. The van der Waals surface area contributed by atoms with Crippen LogP contribution in [-0.4, -0.2) is 15.1 Å². The van der Waals surface area contributed by atoms with Gasteiger partial charge in [-0.3, -0.25) is 4.98 Å². The van der Waals surface area contributed by atoms with Gasteiger partial charge >= 0.3 is 0 Å². The lowest BCUT2D eigenvalue weighted by Crippen LogP contribution is -2.36. The normalized spacial score (nSPS) is 19.0. The largest absolute Gasteiger partial charge is 0.337 e.